The van der Waals surface area contributed by atoms with E-state index in [0.717, 1.165) is 12.3 Å². The maximum atomic E-state index is 5.70. The van der Waals surface area contributed by atoms with E-state index < -0.39 is 0 Å². The minimum atomic E-state index is 0.674. The number of aryl methyl sites for hydroxylation is 1. The summed E-state index contributed by atoms with van der Waals surface area (Å²) in [5, 5.41) is 0. The van der Waals surface area contributed by atoms with Gasteiger partial charge in [0.05, 0.1) is 11.4 Å². The fraction of sp³-hybridized carbons (Fsp3) is 0.455. The predicted molar refractivity (Wildman–Crippen MR) is 58.4 cm³/mol. The SMILES string of the molecule is CC(C)CCc1ccc(N)c(N)c1. The van der Waals surface area contributed by atoms with Crippen molar-refractivity contribution in [2.24, 2.45) is 5.92 Å². The molecule has 0 bridgehead atoms. The summed E-state index contributed by atoms with van der Waals surface area (Å²) in [6.45, 7) is 4.45. The smallest absolute Gasteiger partial charge is 0.0550 e. The van der Waals surface area contributed by atoms with Crippen molar-refractivity contribution in [2.45, 2.75) is 26.7 Å². The van der Waals surface area contributed by atoms with E-state index in [1.54, 1.807) is 0 Å². The number of rotatable bonds is 3. The first-order chi connectivity index (χ1) is 6.09. The third kappa shape index (κ3) is 2.98. The van der Waals surface area contributed by atoms with Gasteiger partial charge in [0, 0.05) is 0 Å². The highest BCUT2D eigenvalue weighted by Crippen LogP contribution is 2.18. The van der Waals surface area contributed by atoms with Crippen LogP contribution in [0, 0.1) is 5.92 Å². The van der Waals surface area contributed by atoms with E-state index in [0.29, 0.717) is 11.4 Å². The van der Waals surface area contributed by atoms with Gasteiger partial charge in [-0.15, -0.1) is 0 Å². The molecule has 2 heteroatoms. The average Bonchev–Trinajstić information content (AvgIpc) is 2.07. The van der Waals surface area contributed by atoms with Gasteiger partial charge in [-0.1, -0.05) is 19.9 Å². The normalized spacial score (nSPS) is 10.7. The highest BCUT2D eigenvalue weighted by molar-refractivity contribution is 5.63. The summed E-state index contributed by atoms with van der Waals surface area (Å²) >= 11 is 0. The molecule has 1 rings (SSSR count). The number of nitrogens with two attached hydrogens (primary N) is 2. The summed E-state index contributed by atoms with van der Waals surface area (Å²) in [4.78, 5) is 0. The second-order valence-electron chi connectivity index (χ2n) is 3.90. The standard InChI is InChI=1S/C11H18N2/c1-8(2)3-4-9-5-6-10(12)11(13)7-9/h5-8H,3-4,12-13H2,1-2H3. The van der Waals surface area contributed by atoms with Crippen molar-refractivity contribution in [1.29, 1.82) is 0 Å². The van der Waals surface area contributed by atoms with Gasteiger partial charge in [0.1, 0.15) is 0 Å². The molecule has 72 valence electrons. The Morgan fingerprint density at radius 2 is 1.85 bits per heavy atom. The Morgan fingerprint density at radius 1 is 1.15 bits per heavy atom. The second kappa shape index (κ2) is 4.17. The van der Waals surface area contributed by atoms with E-state index in [4.69, 9.17) is 11.5 Å². The first kappa shape index (κ1) is 9.90. The van der Waals surface area contributed by atoms with Crippen LogP contribution >= 0.6 is 0 Å². The number of benzene rings is 1. The van der Waals surface area contributed by atoms with E-state index in [2.05, 4.69) is 13.8 Å². The molecule has 0 fully saturated rings. The summed E-state index contributed by atoms with van der Waals surface area (Å²) in [7, 11) is 0. The maximum Gasteiger partial charge on any atom is 0.0550 e. The van der Waals surface area contributed by atoms with Gasteiger partial charge in [0.25, 0.3) is 0 Å². The van der Waals surface area contributed by atoms with Gasteiger partial charge in [-0.3, -0.25) is 0 Å². The van der Waals surface area contributed by atoms with E-state index in [1.165, 1.54) is 12.0 Å². The number of nitrogen functional groups attached to an aromatic ring is 2. The maximum absolute atomic E-state index is 5.70. The van der Waals surface area contributed by atoms with Crippen LogP contribution in [0.3, 0.4) is 0 Å². The van der Waals surface area contributed by atoms with Gasteiger partial charge in [0.2, 0.25) is 0 Å². The van der Waals surface area contributed by atoms with Crippen molar-refractivity contribution in [3.63, 3.8) is 0 Å². The van der Waals surface area contributed by atoms with Gasteiger partial charge in [-0.2, -0.15) is 0 Å². The summed E-state index contributed by atoms with van der Waals surface area (Å²) in [6, 6.07) is 5.90. The molecule has 0 heterocycles. The van der Waals surface area contributed by atoms with Crippen molar-refractivity contribution < 1.29 is 0 Å². The van der Waals surface area contributed by atoms with Crippen LogP contribution in [0.2, 0.25) is 0 Å². The lowest BCUT2D eigenvalue weighted by atomic mass is 10.0. The first-order valence-corrected chi connectivity index (χ1v) is 4.73. The summed E-state index contributed by atoms with van der Waals surface area (Å²) in [6.07, 6.45) is 2.28. The highest BCUT2D eigenvalue weighted by atomic mass is 14.7. The average molecular weight is 178 g/mol. The van der Waals surface area contributed by atoms with Crippen LogP contribution in [0.4, 0.5) is 11.4 Å². The minimum Gasteiger partial charge on any atom is -0.397 e. The lowest BCUT2D eigenvalue weighted by molar-refractivity contribution is 0.587. The van der Waals surface area contributed by atoms with Crippen molar-refractivity contribution >= 4 is 11.4 Å². The largest absolute Gasteiger partial charge is 0.397 e. The van der Waals surface area contributed by atoms with Gasteiger partial charge in [-0.25, -0.2) is 0 Å². The van der Waals surface area contributed by atoms with Crippen LogP contribution in [-0.4, -0.2) is 0 Å². The molecule has 0 aliphatic rings. The second-order valence-corrected chi connectivity index (χ2v) is 3.90. The van der Waals surface area contributed by atoms with Crippen LogP contribution in [0.1, 0.15) is 25.8 Å². The van der Waals surface area contributed by atoms with E-state index in [9.17, 15) is 0 Å². The molecule has 0 aromatic heterocycles. The molecule has 0 saturated heterocycles. The third-order valence-electron chi connectivity index (χ3n) is 2.16. The Bertz CT molecular complexity index is 279. The molecule has 0 aliphatic heterocycles. The molecule has 0 spiro atoms. The zero-order valence-corrected chi connectivity index (χ0v) is 8.38. The molecule has 4 N–H and O–H groups in total. The molecule has 0 unspecified atom stereocenters. The molecule has 1 aromatic carbocycles. The molecular weight excluding hydrogens is 160 g/mol. The fourth-order valence-electron chi connectivity index (χ4n) is 1.24. The van der Waals surface area contributed by atoms with Gasteiger partial charge in [0.15, 0.2) is 0 Å². The molecule has 0 radical (unpaired) electrons. The summed E-state index contributed by atoms with van der Waals surface area (Å²) in [5.41, 5.74) is 14.0. The number of anilines is 2. The van der Waals surface area contributed by atoms with Gasteiger partial charge >= 0.3 is 0 Å². The predicted octanol–water partition coefficient (Wildman–Crippen LogP) is 2.44. The molecular formula is C11H18N2. The first-order valence-electron chi connectivity index (χ1n) is 4.73. The lowest BCUT2D eigenvalue weighted by Gasteiger charge is -2.06. The Labute approximate surface area is 79.9 Å². The van der Waals surface area contributed by atoms with Crippen molar-refractivity contribution in [3.8, 4) is 0 Å². The Balaban J connectivity index is 2.63. The van der Waals surface area contributed by atoms with Crippen LogP contribution in [0.25, 0.3) is 0 Å². The highest BCUT2D eigenvalue weighted by Gasteiger charge is 1.99. The van der Waals surface area contributed by atoms with Crippen LogP contribution in [-0.2, 0) is 6.42 Å². The van der Waals surface area contributed by atoms with Gasteiger partial charge in [-0.05, 0) is 36.5 Å². The Morgan fingerprint density at radius 3 is 2.38 bits per heavy atom. The van der Waals surface area contributed by atoms with Crippen LogP contribution < -0.4 is 11.5 Å². The van der Waals surface area contributed by atoms with Crippen LogP contribution in [0.5, 0.6) is 0 Å². The fourth-order valence-corrected chi connectivity index (χ4v) is 1.24. The minimum absolute atomic E-state index is 0.674. The molecule has 0 saturated carbocycles. The zero-order valence-electron chi connectivity index (χ0n) is 8.38. The summed E-state index contributed by atoms with van der Waals surface area (Å²) < 4.78 is 0. The van der Waals surface area contributed by atoms with E-state index >= 15 is 0 Å². The molecule has 2 nitrogen and oxygen atoms in total. The van der Waals surface area contributed by atoms with Crippen LogP contribution in [0.15, 0.2) is 18.2 Å². The third-order valence-corrected chi connectivity index (χ3v) is 2.16. The Hall–Kier alpha value is -1.18. The van der Waals surface area contributed by atoms with Crippen molar-refractivity contribution in [3.05, 3.63) is 23.8 Å². The Kier molecular flexibility index (Phi) is 3.18. The quantitative estimate of drug-likeness (QED) is 0.698. The molecule has 0 aliphatic carbocycles. The number of hydrogen-bond donors (Lipinski definition) is 2. The van der Waals surface area contributed by atoms with Crippen molar-refractivity contribution in [2.75, 3.05) is 11.5 Å². The van der Waals surface area contributed by atoms with Gasteiger partial charge < -0.3 is 11.5 Å². The summed E-state index contributed by atoms with van der Waals surface area (Å²) in [5.74, 6) is 0.735. The molecule has 0 amide bonds. The molecule has 13 heavy (non-hydrogen) atoms. The monoisotopic (exact) mass is 178 g/mol. The molecule has 0 atom stereocenters. The number of hydrogen-bond acceptors (Lipinski definition) is 2. The van der Waals surface area contributed by atoms with Crippen molar-refractivity contribution in [1.82, 2.24) is 0 Å². The van der Waals surface area contributed by atoms with E-state index in [-0.39, 0.29) is 0 Å². The van der Waals surface area contributed by atoms with E-state index in [1.807, 2.05) is 18.2 Å². The topological polar surface area (TPSA) is 52.0 Å². The molecule has 1 aromatic rings. The zero-order chi connectivity index (χ0) is 9.84. The lowest BCUT2D eigenvalue weighted by Crippen LogP contribution is -1.97.